The summed E-state index contributed by atoms with van der Waals surface area (Å²) in [7, 11) is 2.00. The first-order valence-electron chi connectivity index (χ1n) is 6.62. The quantitative estimate of drug-likeness (QED) is 0.784. The fourth-order valence-electron chi connectivity index (χ4n) is 3.28. The Morgan fingerprint density at radius 2 is 2.12 bits per heavy atom. The molecule has 2 nitrogen and oxygen atoms in total. The first kappa shape index (κ1) is 10.8. The highest BCUT2D eigenvalue weighted by atomic mass is 15.0. The number of nitrogens with zero attached hydrogens (tertiary/aromatic N) is 1. The molecule has 0 atom stereocenters. The van der Waals surface area contributed by atoms with Gasteiger partial charge >= 0.3 is 0 Å². The minimum Gasteiger partial charge on any atom is -0.376 e. The second kappa shape index (κ2) is 3.59. The Bertz CT molecular complexity index is 496. The molecule has 0 amide bonds. The molecule has 1 aromatic carbocycles. The molecule has 2 heteroatoms. The molecule has 1 aliphatic carbocycles. The smallest absolute Gasteiger partial charge is 0.113 e. The molecule has 1 aromatic rings. The third-order valence-electron chi connectivity index (χ3n) is 4.48. The molecule has 90 valence electrons. The Balaban J connectivity index is 2.16. The standard InChI is InChI=1S/C15H20N2/c1-4-11-9-12-13(8-10(11)2)17-14(16-3)15(12)6-5-7-15/h8-9H,4-7H2,1-3H3,(H,16,17). The lowest BCUT2D eigenvalue weighted by molar-refractivity contribution is 0.340. The zero-order valence-electron chi connectivity index (χ0n) is 10.9. The van der Waals surface area contributed by atoms with E-state index in [2.05, 4.69) is 31.3 Å². The number of rotatable bonds is 1. The SMILES string of the molecule is CCc1cc2c(cc1C)N=C(NC)C21CCC1. The highest BCUT2D eigenvalue weighted by molar-refractivity contribution is 6.01. The Hall–Kier alpha value is -1.31. The molecule has 0 radical (unpaired) electrons. The van der Waals surface area contributed by atoms with Gasteiger partial charge in [0.25, 0.3) is 0 Å². The van der Waals surface area contributed by atoms with E-state index in [-0.39, 0.29) is 5.41 Å². The van der Waals surface area contributed by atoms with Gasteiger partial charge in [-0.1, -0.05) is 19.4 Å². The first-order chi connectivity index (χ1) is 8.21. The van der Waals surface area contributed by atoms with E-state index in [1.807, 2.05) is 7.05 Å². The number of hydrogen-bond acceptors (Lipinski definition) is 2. The summed E-state index contributed by atoms with van der Waals surface area (Å²) in [6, 6.07) is 4.66. The molecule has 1 heterocycles. The number of fused-ring (bicyclic) bond motifs is 2. The molecule has 1 fully saturated rings. The topological polar surface area (TPSA) is 24.4 Å². The Labute approximate surface area is 103 Å². The van der Waals surface area contributed by atoms with Gasteiger partial charge in [-0.3, -0.25) is 0 Å². The van der Waals surface area contributed by atoms with Crippen molar-refractivity contribution in [2.24, 2.45) is 4.99 Å². The van der Waals surface area contributed by atoms with Crippen molar-refractivity contribution in [1.82, 2.24) is 5.32 Å². The van der Waals surface area contributed by atoms with E-state index in [1.54, 1.807) is 0 Å². The van der Waals surface area contributed by atoms with Crippen molar-refractivity contribution < 1.29 is 0 Å². The van der Waals surface area contributed by atoms with E-state index in [9.17, 15) is 0 Å². The molecule has 0 bridgehead atoms. The van der Waals surface area contributed by atoms with Crippen LogP contribution < -0.4 is 5.32 Å². The molecule has 17 heavy (non-hydrogen) atoms. The maximum Gasteiger partial charge on any atom is 0.113 e. The number of hydrogen-bond donors (Lipinski definition) is 1. The number of aliphatic imine (C=N–C) groups is 1. The summed E-state index contributed by atoms with van der Waals surface area (Å²) < 4.78 is 0. The van der Waals surface area contributed by atoms with Crippen molar-refractivity contribution in [2.45, 2.75) is 44.9 Å². The number of benzene rings is 1. The number of likely N-dealkylation sites (N-methyl/N-ethyl adjacent to an activating group) is 1. The lowest BCUT2D eigenvalue weighted by atomic mass is 9.64. The normalized spacial score (nSPS) is 19.8. The predicted octanol–water partition coefficient (Wildman–Crippen LogP) is 3.24. The van der Waals surface area contributed by atoms with Gasteiger partial charge in [-0.25, -0.2) is 4.99 Å². The fourth-order valence-corrected chi connectivity index (χ4v) is 3.28. The van der Waals surface area contributed by atoms with Crippen molar-refractivity contribution in [2.75, 3.05) is 7.05 Å². The Morgan fingerprint density at radius 1 is 1.35 bits per heavy atom. The van der Waals surface area contributed by atoms with Crippen molar-refractivity contribution in [3.05, 3.63) is 28.8 Å². The largest absolute Gasteiger partial charge is 0.376 e. The summed E-state index contributed by atoms with van der Waals surface area (Å²) in [5.41, 5.74) is 5.76. The molecule has 0 unspecified atom stereocenters. The van der Waals surface area contributed by atoms with E-state index in [0.717, 1.165) is 6.42 Å². The zero-order chi connectivity index (χ0) is 12.0. The van der Waals surface area contributed by atoms with Crippen LogP contribution in [0, 0.1) is 6.92 Å². The molecule has 0 saturated heterocycles. The van der Waals surface area contributed by atoms with E-state index >= 15 is 0 Å². The maximum absolute atomic E-state index is 4.79. The minimum atomic E-state index is 0.238. The van der Waals surface area contributed by atoms with Gasteiger partial charge in [0.1, 0.15) is 5.84 Å². The van der Waals surface area contributed by atoms with Crippen LogP contribution in [0.15, 0.2) is 17.1 Å². The van der Waals surface area contributed by atoms with Crippen LogP contribution >= 0.6 is 0 Å². The van der Waals surface area contributed by atoms with Gasteiger partial charge in [-0.15, -0.1) is 0 Å². The summed E-state index contributed by atoms with van der Waals surface area (Å²) in [4.78, 5) is 4.79. The predicted molar refractivity (Wildman–Crippen MR) is 72.2 cm³/mol. The number of amidine groups is 1. The Morgan fingerprint density at radius 3 is 2.65 bits per heavy atom. The molecule has 2 aliphatic rings. The minimum absolute atomic E-state index is 0.238. The van der Waals surface area contributed by atoms with Crippen LogP contribution in [0.4, 0.5) is 5.69 Å². The molecular weight excluding hydrogens is 208 g/mol. The second-order valence-electron chi connectivity index (χ2n) is 5.30. The lowest BCUT2D eigenvalue weighted by Crippen LogP contribution is -2.45. The maximum atomic E-state index is 4.79. The molecule has 3 rings (SSSR count). The van der Waals surface area contributed by atoms with Crippen molar-refractivity contribution >= 4 is 11.5 Å². The van der Waals surface area contributed by atoms with Gasteiger partial charge in [-0.05, 0) is 48.9 Å². The van der Waals surface area contributed by atoms with Gasteiger partial charge in [0.2, 0.25) is 0 Å². The Kier molecular flexibility index (Phi) is 2.29. The molecule has 1 spiro atoms. The van der Waals surface area contributed by atoms with Gasteiger partial charge in [0.05, 0.1) is 11.1 Å². The van der Waals surface area contributed by atoms with Crippen LogP contribution in [0.3, 0.4) is 0 Å². The average Bonchev–Trinajstić information content (AvgIpc) is 2.60. The number of aryl methyl sites for hydroxylation is 2. The lowest BCUT2D eigenvalue weighted by Gasteiger charge is -2.40. The van der Waals surface area contributed by atoms with Crippen LogP contribution in [-0.2, 0) is 11.8 Å². The average molecular weight is 228 g/mol. The molecule has 1 N–H and O–H groups in total. The molecule has 1 saturated carbocycles. The van der Waals surface area contributed by atoms with Crippen molar-refractivity contribution in [3.63, 3.8) is 0 Å². The van der Waals surface area contributed by atoms with Gasteiger partial charge in [-0.2, -0.15) is 0 Å². The fraction of sp³-hybridized carbons (Fsp3) is 0.533. The summed E-state index contributed by atoms with van der Waals surface area (Å²) >= 11 is 0. The van der Waals surface area contributed by atoms with Crippen LogP contribution in [-0.4, -0.2) is 12.9 Å². The van der Waals surface area contributed by atoms with Crippen LogP contribution in [0.5, 0.6) is 0 Å². The monoisotopic (exact) mass is 228 g/mol. The molecule has 0 aromatic heterocycles. The van der Waals surface area contributed by atoms with Crippen molar-refractivity contribution in [3.8, 4) is 0 Å². The third kappa shape index (κ3) is 1.30. The summed E-state index contributed by atoms with van der Waals surface area (Å²) in [5.74, 6) is 1.19. The molecule has 1 aliphatic heterocycles. The van der Waals surface area contributed by atoms with Crippen LogP contribution in [0.2, 0.25) is 0 Å². The zero-order valence-corrected chi connectivity index (χ0v) is 10.9. The van der Waals surface area contributed by atoms with E-state index in [1.165, 1.54) is 47.5 Å². The van der Waals surface area contributed by atoms with Crippen LogP contribution in [0.1, 0.15) is 42.9 Å². The second-order valence-corrected chi connectivity index (χ2v) is 5.30. The first-order valence-corrected chi connectivity index (χ1v) is 6.62. The van der Waals surface area contributed by atoms with E-state index in [4.69, 9.17) is 4.99 Å². The number of nitrogens with one attached hydrogen (secondary N) is 1. The van der Waals surface area contributed by atoms with Crippen LogP contribution in [0.25, 0.3) is 0 Å². The third-order valence-corrected chi connectivity index (χ3v) is 4.48. The van der Waals surface area contributed by atoms with E-state index in [0.29, 0.717) is 0 Å². The van der Waals surface area contributed by atoms with E-state index < -0.39 is 0 Å². The summed E-state index contributed by atoms with van der Waals surface area (Å²) in [6.45, 7) is 4.43. The van der Waals surface area contributed by atoms with Gasteiger partial charge in [0.15, 0.2) is 0 Å². The summed E-state index contributed by atoms with van der Waals surface area (Å²) in [6.07, 6.45) is 4.96. The van der Waals surface area contributed by atoms with Gasteiger partial charge in [0, 0.05) is 7.05 Å². The van der Waals surface area contributed by atoms with Crippen molar-refractivity contribution in [1.29, 1.82) is 0 Å². The highest BCUT2D eigenvalue weighted by Gasteiger charge is 2.48. The highest BCUT2D eigenvalue weighted by Crippen LogP contribution is 2.52. The summed E-state index contributed by atoms with van der Waals surface area (Å²) in [5, 5.41) is 3.31. The van der Waals surface area contributed by atoms with Gasteiger partial charge < -0.3 is 5.32 Å². The molecular formula is C15H20N2.